The van der Waals surface area contributed by atoms with Gasteiger partial charge < -0.3 is 0 Å². The molecule has 114 valence electrons. The molecule has 1 saturated heterocycles. The van der Waals surface area contributed by atoms with E-state index in [9.17, 15) is 9.59 Å². The second kappa shape index (κ2) is 5.39. The molecule has 4 nitrogen and oxygen atoms in total. The molecule has 2 aliphatic rings. The van der Waals surface area contributed by atoms with E-state index >= 15 is 0 Å². The number of carbonyl (C=O) groups excluding carboxylic acids is 2. The fourth-order valence-corrected chi connectivity index (χ4v) is 3.27. The monoisotopic (exact) mass is 304 g/mol. The van der Waals surface area contributed by atoms with Crippen LogP contribution >= 0.6 is 0 Å². The van der Waals surface area contributed by atoms with Crippen LogP contribution in [0.2, 0.25) is 0 Å². The van der Waals surface area contributed by atoms with Crippen molar-refractivity contribution in [3.63, 3.8) is 0 Å². The van der Waals surface area contributed by atoms with Crippen molar-refractivity contribution in [3.05, 3.63) is 83.9 Å². The van der Waals surface area contributed by atoms with Gasteiger partial charge >= 0.3 is 0 Å². The SMILES string of the molecule is O=C(c1ccccc1)N1[C@@H]2C=C[C@H](C2)N1C(=O)c1ccccc1. The van der Waals surface area contributed by atoms with Crippen LogP contribution in [0.5, 0.6) is 0 Å². The maximum Gasteiger partial charge on any atom is 0.273 e. The van der Waals surface area contributed by atoms with Gasteiger partial charge in [-0.15, -0.1) is 0 Å². The first-order valence-corrected chi connectivity index (χ1v) is 7.71. The molecule has 0 spiro atoms. The van der Waals surface area contributed by atoms with Gasteiger partial charge in [-0.05, 0) is 30.7 Å². The van der Waals surface area contributed by atoms with Gasteiger partial charge in [-0.25, -0.2) is 10.0 Å². The fraction of sp³-hybridized carbons (Fsp3) is 0.158. The molecule has 1 aliphatic carbocycles. The first-order chi connectivity index (χ1) is 11.3. The maximum absolute atomic E-state index is 12.9. The highest BCUT2D eigenvalue weighted by molar-refractivity contribution is 6.00. The minimum Gasteiger partial charge on any atom is -0.267 e. The van der Waals surface area contributed by atoms with Crippen molar-refractivity contribution in [1.29, 1.82) is 0 Å². The van der Waals surface area contributed by atoms with Crippen molar-refractivity contribution >= 4 is 11.8 Å². The Bertz CT molecular complexity index is 705. The zero-order chi connectivity index (χ0) is 15.8. The topological polar surface area (TPSA) is 40.6 Å². The summed E-state index contributed by atoms with van der Waals surface area (Å²) in [4.78, 5) is 25.8. The first-order valence-electron chi connectivity index (χ1n) is 7.71. The van der Waals surface area contributed by atoms with Crippen LogP contribution in [0.15, 0.2) is 72.8 Å². The molecule has 1 heterocycles. The third kappa shape index (κ3) is 2.23. The minimum absolute atomic E-state index is 0.0413. The summed E-state index contributed by atoms with van der Waals surface area (Å²) in [5.41, 5.74) is 1.19. The summed E-state index contributed by atoms with van der Waals surface area (Å²) in [5.74, 6) is -0.265. The summed E-state index contributed by atoms with van der Waals surface area (Å²) in [5, 5.41) is 3.21. The number of hydrogen-bond acceptors (Lipinski definition) is 2. The number of hydrogen-bond donors (Lipinski definition) is 0. The Labute approximate surface area is 134 Å². The molecular formula is C19H16N2O2. The van der Waals surface area contributed by atoms with Gasteiger partial charge in [0, 0.05) is 11.1 Å². The molecule has 0 saturated carbocycles. The van der Waals surface area contributed by atoms with Crippen LogP contribution in [0, 0.1) is 0 Å². The second-order valence-corrected chi connectivity index (χ2v) is 5.79. The lowest BCUT2D eigenvalue weighted by molar-refractivity contribution is 0.00203. The average Bonchev–Trinajstić information content (AvgIpc) is 3.23. The minimum atomic E-state index is -0.133. The highest BCUT2D eigenvalue weighted by Gasteiger charge is 2.46. The number of nitrogens with zero attached hydrogens (tertiary/aromatic N) is 2. The number of hydrazine groups is 1. The predicted molar refractivity (Wildman–Crippen MR) is 86.6 cm³/mol. The third-order valence-corrected chi connectivity index (χ3v) is 4.36. The van der Waals surface area contributed by atoms with E-state index in [1.54, 1.807) is 34.3 Å². The largest absolute Gasteiger partial charge is 0.273 e. The molecule has 1 fully saturated rings. The van der Waals surface area contributed by atoms with Gasteiger partial charge in [0.1, 0.15) is 0 Å². The molecule has 0 radical (unpaired) electrons. The Hall–Kier alpha value is -2.88. The van der Waals surface area contributed by atoms with Crippen LogP contribution in [0.25, 0.3) is 0 Å². The van der Waals surface area contributed by atoms with Crippen LogP contribution in [0.1, 0.15) is 27.1 Å². The van der Waals surface area contributed by atoms with E-state index in [0.717, 1.165) is 6.42 Å². The predicted octanol–water partition coefficient (Wildman–Crippen LogP) is 2.90. The average molecular weight is 304 g/mol. The quantitative estimate of drug-likeness (QED) is 0.800. The van der Waals surface area contributed by atoms with Gasteiger partial charge in [0.25, 0.3) is 11.8 Å². The Balaban J connectivity index is 1.69. The summed E-state index contributed by atoms with van der Waals surface area (Å²) >= 11 is 0. The van der Waals surface area contributed by atoms with Gasteiger partial charge in [-0.3, -0.25) is 9.59 Å². The van der Waals surface area contributed by atoms with Crippen LogP contribution in [-0.2, 0) is 0 Å². The van der Waals surface area contributed by atoms with Crippen molar-refractivity contribution in [1.82, 2.24) is 10.0 Å². The van der Waals surface area contributed by atoms with Gasteiger partial charge in [-0.1, -0.05) is 48.6 Å². The Morgan fingerprint density at radius 2 is 1.09 bits per heavy atom. The van der Waals surface area contributed by atoms with Gasteiger partial charge in [-0.2, -0.15) is 0 Å². The Kier molecular flexibility index (Phi) is 3.23. The number of fused-ring (bicyclic) bond motifs is 2. The molecule has 4 rings (SSSR count). The van der Waals surface area contributed by atoms with Crippen LogP contribution in [0.3, 0.4) is 0 Å². The normalized spacial score (nSPS) is 21.7. The third-order valence-electron chi connectivity index (χ3n) is 4.36. The molecule has 2 bridgehead atoms. The molecule has 2 aromatic rings. The van der Waals surface area contributed by atoms with E-state index in [1.807, 2.05) is 48.6 Å². The second-order valence-electron chi connectivity index (χ2n) is 5.79. The van der Waals surface area contributed by atoms with E-state index < -0.39 is 0 Å². The van der Waals surface area contributed by atoms with Crippen molar-refractivity contribution in [2.45, 2.75) is 18.5 Å². The van der Waals surface area contributed by atoms with Crippen molar-refractivity contribution in [2.75, 3.05) is 0 Å². The van der Waals surface area contributed by atoms with Crippen LogP contribution in [-0.4, -0.2) is 33.9 Å². The Morgan fingerprint density at radius 1 is 0.696 bits per heavy atom. The van der Waals surface area contributed by atoms with E-state index in [2.05, 4.69) is 0 Å². The standard InChI is InChI=1S/C19H16N2O2/c22-18(14-7-3-1-4-8-14)20-16-11-12-17(13-16)21(20)19(23)15-9-5-2-6-10-15/h1-12,16-17H,13H2/t16-,17-/m1/s1. The van der Waals surface area contributed by atoms with E-state index in [-0.39, 0.29) is 23.9 Å². The molecule has 2 aromatic carbocycles. The number of amides is 2. The molecule has 0 unspecified atom stereocenters. The molecule has 0 aromatic heterocycles. The maximum atomic E-state index is 12.9. The van der Waals surface area contributed by atoms with Crippen LogP contribution in [0.4, 0.5) is 0 Å². The van der Waals surface area contributed by atoms with Crippen molar-refractivity contribution < 1.29 is 9.59 Å². The lowest BCUT2D eigenvalue weighted by Gasteiger charge is -2.35. The highest BCUT2D eigenvalue weighted by atomic mass is 16.2. The molecular weight excluding hydrogens is 288 g/mol. The van der Waals surface area contributed by atoms with Gasteiger partial charge in [0.05, 0.1) is 12.1 Å². The lowest BCUT2D eigenvalue weighted by atomic mass is 10.2. The fourth-order valence-electron chi connectivity index (χ4n) is 3.27. The van der Waals surface area contributed by atoms with Crippen LogP contribution < -0.4 is 0 Å². The number of benzene rings is 2. The first kappa shape index (κ1) is 13.8. The summed E-state index contributed by atoms with van der Waals surface area (Å²) in [6, 6.07) is 18.1. The number of carbonyl (C=O) groups is 2. The van der Waals surface area contributed by atoms with E-state index in [0.29, 0.717) is 11.1 Å². The summed E-state index contributed by atoms with van der Waals surface area (Å²) < 4.78 is 0. The smallest absolute Gasteiger partial charge is 0.267 e. The zero-order valence-corrected chi connectivity index (χ0v) is 12.5. The molecule has 0 N–H and O–H groups in total. The van der Waals surface area contributed by atoms with Gasteiger partial charge in [0.15, 0.2) is 0 Å². The lowest BCUT2D eigenvalue weighted by Crippen LogP contribution is -2.51. The summed E-state index contributed by atoms with van der Waals surface area (Å²) in [6.45, 7) is 0. The number of rotatable bonds is 2. The molecule has 2 atom stereocenters. The Morgan fingerprint density at radius 3 is 1.48 bits per heavy atom. The van der Waals surface area contributed by atoms with Crippen molar-refractivity contribution in [2.24, 2.45) is 0 Å². The van der Waals surface area contributed by atoms with E-state index in [4.69, 9.17) is 0 Å². The molecule has 2 amide bonds. The molecule has 4 heteroatoms. The van der Waals surface area contributed by atoms with Crippen molar-refractivity contribution in [3.8, 4) is 0 Å². The summed E-state index contributed by atoms with van der Waals surface area (Å²) in [7, 11) is 0. The highest BCUT2D eigenvalue weighted by Crippen LogP contribution is 2.34. The summed E-state index contributed by atoms with van der Waals surface area (Å²) in [6.07, 6.45) is 4.80. The molecule has 23 heavy (non-hydrogen) atoms. The van der Waals surface area contributed by atoms with E-state index in [1.165, 1.54) is 0 Å². The van der Waals surface area contributed by atoms with Gasteiger partial charge in [0.2, 0.25) is 0 Å². The zero-order valence-electron chi connectivity index (χ0n) is 12.5. The molecule has 1 aliphatic heterocycles.